The molecule has 0 aliphatic rings. The van der Waals surface area contributed by atoms with Gasteiger partial charge in [0.2, 0.25) is 0 Å². The van der Waals surface area contributed by atoms with Crippen LogP contribution in [0.15, 0.2) is 40.2 Å². The van der Waals surface area contributed by atoms with Crippen LogP contribution in [0, 0.1) is 6.92 Å². The maximum Gasteiger partial charge on any atom is 0.181 e. The van der Waals surface area contributed by atoms with E-state index in [4.69, 9.17) is 0 Å². The Bertz CT molecular complexity index is 653. The molecule has 0 atom stereocenters. The normalized spacial score (nSPS) is 10.8. The number of aromatic amines is 1. The molecule has 2 aromatic heterocycles. The van der Waals surface area contributed by atoms with Gasteiger partial charge in [0.15, 0.2) is 11.6 Å². The lowest BCUT2D eigenvalue weighted by molar-refractivity contribution is 1.10. The molecule has 0 fully saturated rings. The molecule has 0 aliphatic heterocycles. The van der Waals surface area contributed by atoms with Gasteiger partial charge in [0.1, 0.15) is 0 Å². The number of benzene rings is 1. The van der Waals surface area contributed by atoms with Gasteiger partial charge in [0, 0.05) is 10.0 Å². The Morgan fingerprint density at radius 2 is 2.17 bits per heavy atom. The van der Waals surface area contributed by atoms with Gasteiger partial charge in [-0.25, -0.2) is 4.98 Å². The molecule has 0 bridgehead atoms. The smallest absolute Gasteiger partial charge is 0.181 e. The highest BCUT2D eigenvalue weighted by Crippen LogP contribution is 2.26. The van der Waals surface area contributed by atoms with Gasteiger partial charge in [-0.2, -0.15) is 5.10 Å². The molecule has 3 aromatic rings. The fraction of sp³-hybridized carbons (Fsp3) is 0.0769. The molecule has 1 aromatic carbocycles. The summed E-state index contributed by atoms with van der Waals surface area (Å²) in [5, 5.41) is 9.28. The maximum atomic E-state index is 4.53. The zero-order chi connectivity index (χ0) is 12.5. The van der Waals surface area contributed by atoms with Crippen LogP contribution in [0.3, 0.4) is 0 Å². The first-order valence-electron chi connectivity index (χ1n) is 5.46. The van der Waals surface area contributed by atoms with Crippen LogP contribution in [0.4, 0.5) is 0 Å². The number of nitrogens with zero attached hydrogens (tertiary/aromatic N) is 2. The van der Waals surface area contributed by atoms with Gasteiger partial charge in [-0.05, 0) is 42.1 Å². The molecule has 0 unspecified atom stereocenters. The summed E-state index contributed by atoms with van der Waals surface area (Å²) in [6, 6.07) is 10.2. The van der Waals surface area contributed by atoms with Crippen molar-refractivity contribution < 1.29 is 0 Å². The Labute approximate surface area is 117 Å². The van der Waals surface area contributed by atoms with Gasteiger partial charge in [0.05, 0.1) is 4.88 Å². The summed E-state index contributed by atoms with van der Waals surface area (Å²) < 4.78 is 1.04. The Balaban J connectivity index is 2.03. The lowest BCUT2D eigenvalue weighted by Gasteiger charge is -1.99. The highest BCUT2D eigenvalue weighted by Gasteiger charge is 2.09. The van der Waals surface area contributed by atoms with Crippen molar-refractivity contribution in [2.75, 3.05) is 0 Å². The van der Waals surface area contributed by atoms with Crippen molar-refractivity contribution in [1.82, 2.24) is 15.2 Å². The maximum absolute atomic E-state index is 4.53. The number of H-pyrrole nitrogens is 1. The zero-order valence-corrected chi connectivity index (χ0v) is 12.0. The molecule has 18 heavy (non-hydrogen) atoms. The van der Waals surface area contributed by atoms with E-state index in [0.29, 0.717) is 0 Å². The van der Waals surface area contributed by atoms with Crippen LogP contribution < -0.4 is 0 Å². The second-order valence-corrected chi connectivity index (χ2v) is 5.87. The molecule has 2 heterocycles. The molecule has 3 nitrogen and oxygen atoms in total. The van der Waals surface area contributed by atoms with Gasteiger partial charge in [-0.1, -0.05) is 22.0 Å². The van der Waals surface area contributed by atoms with E-state index in [9.17, 15) is 0 Å². The third-order valence-electron chi connectivity index (χ3n) is 2.54. The fourth-order valence-electron chi connectivity index (χ4n) is 1.78. The average molecular weight is 320 g/mol. The van der Waals surface area contributed by atoms with Crippen LogP contribution >= 0.6 is 27.3 Å². The highest BCUT2D eigenvalue weighted by atomic mass is 79.9. The number of nitrogens with one attached hydrogen (secondary N) is 1. The summed E-state index contributed by atoms with van der Waals surface area (Å²) in [6.45, 7) is 2.06. The van der Waals surface area contributed by atoms with E-state index in [0.717, 1.165) is 26.6 Å². The van der Waals surface area contributed by atoms with E-state index in [-0.39, 0.29) is 0 Å². The predicted molar refractivity (Wildman–Crippen MR) is 77.6 cm³/mol. The highest BCUT2D eigenvalue weighted by molar-refractivity contribution is 9.10. The molecular formula is C13H10BrN3S. The minimum atomic E-state index is 0.725. The van der Waals surface area contributed by atoms with Gasteiger partial charge < -0.3 is 0 Å². The van der Waals surface area contributed by atoms with Crippen LogP contribution in [-0.4, -0.2) is 15.2 Å². The van der Waals surface area contributed by atoms with E-state index in [1.807, 2.05) is 23.6 Å². The number of aryl methyl sites for hydroxylation is 1. The molecule has 0 saturated carbocycles. The topological polar surface area (TPSA) is 41.6 Å². The van der Waals surface area contributed by atoms with E-state index in [1.54, 1.807) is 11.3 Å². The molecule has 1 N–H and O–H groups in total. The Morgan fingerprint density at radius 3 is 2.89 bits per heavy atom. The molecule has 0 amide bonds. The lowest BCUT2D eigenvalue weighted by Crippen LogP contribution is -1.83. The zero-order valence-electron chi connectivity index (χ0n) is 9.64. The summed E-state index contributed by atoms with van der Waals surface area (Å²) in [4.78, 5) is 5.63. The van der Waals surface area contributed by atoms with Crippen LogP contribution in [-0.2, 0) is 0 Å². The van der Waals surface area contributed by atoms with E-state index in [2.05, 4.69) is 50.2 Å². The third kappa shape index (κ3) is 2.23. The fourth-order valence-corrected chi connectivity index (χ4v) is 3.05. The summed E-state index contributed by atoms with van der Waals surface area (Å²) in [5.41, 5.74) is 2.20. The van der Waals surface area contributed by atoms with Crippen molar-refractivity contribution in [2.45, 2.75) is 6.92 Å². The van der Waals surface area contributed by atoms with E-state index in [1.165, 1.54) is 5.56 Å². The first-order valence-corrected chi connectivity index (χ1v) is 7.13. The summed E-state index contributed by atoms with van der Waals surface area (Å²) in [6.07, 6.45) is 0. The molecule has 0 spiro atoms. The molecule has 3 rings (SSSR count). The predicted octanol–water partition coefficient (Wildman–Crippen LogP) is 4.27. The quantitative estimate of drug-likeness (QED) is 0.766. The van der Waals surface area contributed by atoms with Gasteiger partial charge in [-0.15, -0.1) is 11.3 Å². The Morgan fingerprint density at radius 1 is 1.28 bits per heavy atom. The molecule has 0 saturated heterocycles. The average Bonchev–Trinajstić information content (AvgIpc) is 2.99. The van der Waals surface area contributed by atoms with Gasteiger partial charge in [-0.3, -0.25) is 5.10 Å². The van der Waals surface area contributed by atoms with Crippen molar-refractivity contribution in [3.05, 3.63) is 45.7 Å². The second-order valence-electron chi connectivity index (χ2n) is 4.00. The standard InChI is InChI=1S/C13H10BrN3S/c1-8-5-9(7-10(14)6-8)12-15-13(17-16-12)11-3-2-4-18-11/h2-7H,1H3,(H,15,16,17). The number of thiophene rings is 1. The largest absolute Gasteiger partial charge is 0.258 e. The second kappa shape index (κ2) is 4.66. The van der Waals surface area contributed by atoms with Gasteiger partial charge >= 0.3 is 0 Å². The first-order chi connectivity index (χ1) is 8.72. The van der Waals surface area contributed by atoms with Gasteiger partial charge in [0.25, 0.3) is 0 Å². The van der Waals surface area contributed by atoms with Crippen molar-refractivity contribution in [2.24, 2.45) is 0 Å². The summed E-state index contributed by atoms with van der Waals surface area (Å²) in [7, 11) is 0. The molecule has 90 valence electrons. The van der Waals surface area contributed by atoms with Crippen LogP contribution in [0.5, 0.6) is 0 Å². The number of halogens is 1. The van der Waals surface area contributed by atoms with Crippen molar-refractivity contribution in [1.29, 1.82) is 0 Å². The van der Waals surface area contributed by atoms with Crippen molar-refractivity contribution in [3.63, 3.8) is 0 Å². The number of hydrogen-bond donors (Lipinski definition) is 1. The molecule has 0 aliphatic carbocycles. The summed E-state index contributed by atoms with van der Waals surface area (Å²) >= 11 is 5.14. The van der Waals surface area contributed by atoms with E-state index < -0.39 is 0 Å². The third-order valence-corrected chi connectivity index (χ3v) is 3.87. The SMILES string of the molecule is Cc1cc(Br)cc(-c2n[nH]c(-c3cccs3)n2)c1. The van der Waals surface area contributed by atoms with Crippen LogP contribution in [0.25, 0.3) is 22.1 Å². The lowest BCUT2D eigenvalue weighted by atomic mass is 10.1. The van der Waals surface area contributed by atoms with Crippen molar-refractivity contribution in [3.8, 4) is 22.1 Å². The Hall–Kier alpha value is -1.46. The summed E-state index contributed by atoms with van der Waals surface area (Å²) in [5.74, 6) is 1.54. The monoisotopic (exact) mass is 319 g/mol. The minimum absolute atomic E-state index is 0.725. The number of aromatic nitrogens is 3. The Kier molecular flexibility index (Phi) is 3.01. The van der Waals surface area contributed by atoms with Crippen LogP contribution in [0.2, 0.25) is 0 Å². The minimum Gasteiger partial charge on any atom is -0.258 e. The first kappa shape index (κ1) is 11.6. The number of rotatable bonds is 2. The molecular weight excluding hydrogens is 310 g/mol. The molecule has 5 heteroatoms. The van der Waals surface area contributed by atoms with Crippen molar-refractivity contribution >= 4 is 27.3 Å². The van der Waals surface area contributed by atoms with Crippen LogP contribution in [0.1, 0.15) is 5.56 Å². The number of hydrogen-bond acceptors (Lipinski definition) is 3. The van der Waals surface area contributed by atoms with E-state index >= 15 is 0 Å². The molecule has 0 radical (unpaired) electrons.